The quantitative estimate of drug-likeness (QED) is 0.339. The van der Waals surface area contributed by atoms with E-state index in [1.54, 1.807) is 35.1 Å². The number of rotatable bonds is 5. The number of benzene rings is 2. The lowest BCUT2D eigenvalue weighted by Gasteiger charge is -2.50. The van der Waals surface area contributed by atoms with E-state index in [4.69, 9.17) is 0 Å². The van der Waals surface area contributed by atoms with Crippen LogP contribution in [0.1, 0.15) is 41.9 Å². The summed E-state index contributed by atoms with van der Waals surface area (Å²) < 4.78 is 43.0. The monoisotopic (exact) mass is 528 g/mol. The Bertz CT molecular complexity index is 1600. The van der Waals surface area contributed by atoms with Gasteiger partial charge in [0, 0.05) is 18.0 Å². The molecule has 2 aliphatic rings. The maximum atomic E-state index is 13.8. The van der Waals surface area contributed by atoms with Crippen LogP contribution in [0.15, 0.2) is 84.4 Å². The van der Waals surface area contributed by atoms with E-state index in [0.717, 1.165) is 40.3 Å². The van der Waals surface area contributed by atoms with Crippen molar-refractivity contribution >= 4 is 15.4 Å². The molecule has 38 heavy (non-hydrogen) atoms. The van der Waals surface area contributed by atoms with Crippen LogP contribution in [0.3, 0.4) is 0 Å². The first-order chi connectivity index (χ1) is 18.3. The summed E-state index contributed by atoms with van der Waals surface area (Å²) in [6.45, 7) is 6.47. The second-order valence-electron chi connectivity index (χ2n) is 10.6. The highest BCUT2D eigenvalue weighted by molar-refractivity contribution is 7.92. The normalized spacial score (nSPS) is 22.9. The molecule has 1 fully saturated rings. The maximum absolute atomic E-state index is 13.8. The number of hydrogen-bond donors (Lipinski definition) is 0. The summed E-state index contributed by atoms with van der Waals surface area (Å²) in [5, 5.41) is 8.42. The summed E-state index contributed by atoms with van der Waals surface area (Å²) in [4.78, 5) is 4.95. The van der Waals surface area contributed by atoms with Crippen molar-refractivity contribution in [3.8, 4) is 5.69 Å². The van der Waals surface area contributed by atoms with E-state index in [2.05, 4.69) is 21.9 Å². The van der Waals surface area contributed by atoms with E-state index in [1.165, 1.54) is 12.1 Å². The molecule has 1 saturated carbocycles. The summed E-state index contributed by atoms with van der Waals surface area (Å²) in [5.41, 5.74) is 4.71. The van der Waals surface area contributed by atoms with Crippen LogP contribution in [0, 0.1) is 24.1 Å². The minimum Gasteiger partial charge on any atom is -0.257 e. The van der Waals surface area contributed by atoms with Crippen LogP contribution in [-0.4, -0.2) is 33.6 Å². The third-order valence-corrected chi connectivity index (χ3v) is 10.6. The van der Waals surface area contributed by atoms with Gasteiger partial charge in [0.05, 0.1) is 32.9 Å². The molecule has 2 aromatic carbocycles. The van der Waals surface area contributed by atoms with Gasteiger partial charge in [-0.1, -0.05) is 35.6 Å². The van der Waals surface area contributed by atoms with Crippen LogP contribution in [0.4, 0.5) is 4.39 Å². The number of pyridine rings is 1. The van der Waals surface area contributed by atoms with Crippen molar-refractivity contribution in [1.29, 1.82) is 0 Å². The van der Waals surface area contributed by atoms with Crippen LogP contribution in [0.2, 0.25) is 0 Å². The van der Waals surface area contributed by atoms with Crippen molar-refractivity contribution in [3.05, 3.63) is 108 Å². The first kappa shape index (κ1) is 24.7. The van der Waals surface area contributed by atoms with Crippen molar-refractivity contribution in [2.75, 3.05) is 0 Å². The van der Waals surface area contributed by atoms with Gasteiger partial charge in [0.25, 0.3) is 0 Å². The van der Waals surface area contributed by atoms with E-state index in [0.29, 0.717) is 30.6 Å². The molecule has 0 amide bonds. The van der Waals surface area contributed by atoms with E-state index in [1.807, 2.05) is 37.3 Å². The van der Waals surface area contributed by atoms with Gasteiger partial charge in [0.1, 0.15) is 5.82 Å². The first-order valence-electron chi connectivity index (χ1n) is 12.9. The number of nitrogens with zero attached hydrogens (tertiary/aromatic N) is 4. The Labute approximate surface area is 222 Å². The molecule has 2 aromatic heterocycles. The first-order valence-corrected chi connectivity index (χ1v) is 14.4. The number of halogens is 1. The number of aromatic nitrogens is 4. The fourth-order valence-electron chi connectivity index (χ4n) is 6.31. The predicted molar refractivity (Wildman–Crippen MR) is 144 cm³/mol. The zero-order valence-electron chi connectivity index (χ0n) is 21.2. The molecule has 0 N–H and O–H groups in total. The van der Waals surface area contributed by atoms with Crippen LogP contribution < -0.4 is 0 Å². The number of hydrogen-bond acceptors (Lipinski definition) is 5. The minimum absolute atomic E-state index is 0.145. The molecule has 0 aliphatic heterocycles. The van der Waals surface area contributed by atoms with Gasteiger partial charge in [-0.05, 0) is 92.6 Å². The third kappa shape index (κ3) is 4.07. The topological polar surface area (TPSA) is 77.7 Å². The Morgan fingerprint density at radius 3 is 2.53 bits per heavy atom. The standard InChI is InChI=1S/C30H29FN4O2S/c1-20-6-13-25(14-7-20)38(36,37)26-15-8-22-17-29-28(33-34-35(29)24-11-9-23(31)10-12-24)19-30(22,18-26)21(2)27-5-3-4-16-32-27/h3-7,9-14,16,22,26H,2,8,15,17-19H2,1H3/t22?,26-,30-/m0/s1. The highest BCUT2D eigenvalue weighted by Crippen LogP contribution is 2.56. The molecule has 0 spiro atoms. The Balaban J connectivity index is 1.42. The fraction of sp³-hybridized carbons (Fsp3) is 0.300. The molecule has 0 bridgehead atoms. The van der Waals surface area contributed by atoms with Gasteiger partial charge in [-0.2, -0.15) is 0 Å². The van der Waals surface area contributed by atoms with E-state index in [-0.39, 0.29) is 11.7 Å². The van der Waals surface area contributed by atoms with Crippen molar-refractivity contribution in [1.82, 2.24) is 20.0 Å². The van der Waals surface area contributed by atoms with E-state index >= 15 is 0 Å². The molecule has 8 heteroatoms. The summed E-state index contributed by atoms with van der Waals surface area (Å²) >= 11 is 0. The van der Waals surface area contributed by atoms with E-state index < -0.39 is 20.5 Å². The highest BCUT2D eigenvalue weighted by Gasteiger charge is 2.53. The predicted octanol–water partition coefficient (Wildman–Crippen LogP) is 5.55. The number of allylic oxidation sites excluding steroid dienone is 1. The van der Waals surface area contributed by atoms with E-state index in [9.17, 15) is 12.8 Å². The Kier molecular flexibility index (Phi) is 6.02. The molecule has 3 atom stereocenters. The lowest BCUT2D eigenvalue weighted by Crippen LogP contribution is -2.47. The van der Waals surface area contributed by atoms with Crippen LogP contribution in [0.5, 0.6) is 0 Å². The lowest BCUT2D eigenvalue weighted by molar-refractivity contribution is 0.146. The summed E-state index contributed by atoms with van der Waals surface area (Å²) in [6.07, 6.45) is 4.72. The summed E-state index contributed by atoms with van der Waals surface area (Å²) in [5.74, 6) is -0.159. The fourth-order valence-corrected chi connectivity index (χ4v) is 8.17. The average molecular weight is 529 g/mol. The van der Waals surface area contributed by atoms with Gasteiger partial charge in [-0.3, -0.25) is 4.98 Å². The zero-order chi connectivity index (χ0) is 26.5. The molecular weight excluding hydrogens is 499 g/mol. The minimum atomic E-state index is -3.54. The third-order valence-electron chi connectivity index (χ3n) is 8.41. The molecule has 4 aromatic rings. The van der Waals surface area contributed by atoms with Crippen molar-refractivity contribution in [2.45, 2.75) is 49.2 Å². The summed E-state index contributed by atoms with van der Waals surface area (Å²) in [6, 6.07) is 19.1. The second-order valence-corrected chi connectivity index (χ2v) is 12.8. The van der Waals surface area contributed by atoms with Gasteiger partial charge in [0.2, 0.25) is 0 Å². The Hall–Kier alpha value is -3.65. The number of fused-ring (bicyclic) bond motifs is 2. The molecule has 6 nitrogen and oxygen atoms in total. The largest absolute Gasteiger partial charge is 0.257 e. The lowest BCUT2D eigenvalue weighted by atomic mass is 9.56. The molecule has 1 unspecified atom stereocenters. The van der Waals surface area contributed by atoms with Gasteiger partial charge >= 0.3 is 0 Å². The van der Waals surface area contributed by atoms with Crippen LogP contribution in [-0.2, 0) is 22.7 Å². The molecule has 6 rings (SSSR count). The SMILES string of the molecule is C=C(c1ccccn1)[C@]12Cc3nnn(-c4ccc(F)cc4)c3CC1CC[C@H](S(=O)(=O)c1ccc(C)cc1)C2. The number of aryl methyl sites for hydroxylation is 1. The van der Waals surface area contributed by atoms with Crippen molar-refractivity contribution in [2.24, 2.45) is 11.3 Å². The Morgan fingerprint density at radius 2 is 1.82 bits per heavy atom. The van der Waals surface area contributed by atoms with Crippen LogP contribution >= 0.6 is 0 Å². The second kappa shape index (κ2) is 9.27. The number of sulfone groups is 1. The zero-order valence-corrected chi connectivity index (χ0v) is 22.0. The molecule has 194 valence electrons. The molecule has 0 saturated heterocycles. The average Bonchev–Trinajstić information content (AvgIpc) is 3.34. The van der Waals surface area contributed by atoms with Crippen molar-refractivity contribution in [3.63, 3.8) is 0 Å². The highest BCUT2D eigenvalue weighted by atomic mass is 32.2. The Morgan fingerprint density at radius 1 is 1.05 bits per heavy atom. The molecule has 2 aliphatic carbocycles. The smallest absolute Gasteiger partial charge is 0.181 e. The van der Waals surface area contributed by atoms with Gasteiger partial charge < -0.3 is 0 Å². The molecule has 2 heterocycles. The summed E-state index contributed by atoms with van der Waals surface area (Å²) in [7, 11) is -3.54. The van der Waals surface area contributed by atoms with Gasteiger partial charge in [0.15, 0.2) is 9.84 Å². The van der Waals surface area contributed by atoms with Crippen LogP contribution in [0.25, 0.3) is 11.3 Å². The van der Waals surface area contributed by atoms with Crippen molar-refractivity contribution < 1.29 is 12.8 Å². The van der Waals surface area contributed by atoms with Gasteiger partial charge in [-0.15, -0.1) is 5.10 Å². The van der Waals surface area contributed by atoms with Gasteiger partial charge in [-0.25, -0.2) is 17.5 Å². The molecular formula is C30H29FN4O2S. The molecule has 0 radical (unpaired) electrons. The maximum Gasteiger partial charge on any atom is 0.181 e.